The molecule has 8 N–H and O–H groups in total. The molecule has 12 heteroatoms. The largest absolute Gasteiger partial charge is 0.507 e. The summed E-state index contributed by atoms with van der Waals surface area (Å²) in [5.74, 6) is -3.56. The normalized spacial score (nSPS) is 25.1. The van der Waals surface area contributed by atoms with Gasteiger partial charge in [0.2, 0.25) is 12.0 Å². The number of fused-ring (bicyclic) bond motifs is 1. The predicted molar refractivity (Wildman–Crippen MR) is 108 cm³/mol. The number of phenols is 3. The molecule has 0 bridgehead atoms. The number of carboxylic acid groups (broad SMARTS) is 1. The fourth-order valence-electron chi connectivity index (χ4n) is 3.42. The van der Waals surface area contributed by atoms with E-state index >= 15 is 0 Å². The molecule has 0 aliphatic carbocycles. The van der Waals surface area contributed by atoms with Gasteiger partial charge in [-0.1, -0.05) is 0 Å². The van der Waals surface area contributed by atoms with Gasteiger partial charge in [0.05, 0.1) is 11.6 Å². The third kappa shape index (κ3) is 4.03. The van der Waals surface area contributed by atoms with Gasteiger partial charge in [0.25, 0.3) is 0 Å². The van der Waals surface area contributed by atoms with Crippen molar-refractivity contribution in [2.24, 2.45) is 0 Å². The molecule has 1 fully saturated rings. The molecule has 0 spiro atoms. The molecule has 2 heterocycles. The Balaban J connectivity index is 1.70. The molecule has 4 rings (SSSR count). The SMILES string of the molecule is O=C(O)C1OC(Oc2cc(-c3[o+]c4cc(O)cc(O)c4cc3O)ccc2O)C(O)C(O)C1O. The maximum absolute atomic E-state index is 11.3. The Morgan fingerprint density at radius 3 is 2.30 bits per heavy atom. The molecule has 12 nitrogen and oxygen atoms in total. The van der Waals surface area contributed by atoms with E-state index in [2.05, 4.69) is 0 Å². The van der Waals surface area contributed by atoms with Gasteiger partial charge in [0.1, 0.15) is 35.2 Å². The van der Waals surface area contributed by atoms with E-state index in [0.717, 1.165) is 12.1 Å². The second-order valence-corrected chi connectivity index (χ2v) is 7.37. The van der Waals surface area contributed by atoms with Crippen molar-refractivity contribution in [3.63, 3.8) is 0 Å². The highest BCUT2D eigenvalue weighted by Gasteiger charge is 2.48. The Hall–Kier alpha value is -3.84. The van der Waals surface area contributed by atoms with Crippen LogP contribution >= 0.6 is 0 Å². The third-order valence-corrected chi connectivity index (χ3v) is 5.11. The summed E-state index contributed by atoms with van der Waals surface area (Å²) < 4.78 is 16.0. The van der Waals surface area contributed by atoms with E-state index in [1.54, 1.807) is 0 Å². The molecular formula is C21H19O12+. The molecule has 0 amide bonds. The van der Waals surface area contributed by atoms with E-state index in [1.807, 2.05) is 0 Å². The van der Waals surface area contributed by atoms with E-state index < -0.39 is 48.2 Å². The summed E-state index contributed by atoms with van der Waals surface area (Å²) in [5, 5.41) is 79.2. The van der Waals surface area contributed by atoms with Crippen LogP contribution in [0.1, 0.15) is 0 Å². The van der Waals surface area contributed by atoms with Crippen LogP contribution in [0.25, 0.3) is 22.3 Å². The maximum atomic E-state index is 11.3. The number of hydrogen-bond donors (Lipinski definition) is 8. The first-order valence-electron chi connectivity index (χ1n) is 9.51. The highest BCUT2D eigenvalue weighted by molar-refractivity contribution is 5.88. The monoisotopic (exact) mass is 463 g/mol. The zero-order valence-corrected chi connectivity index (χ0v) is 16.6. The number of aliphatic hydroxyl groups excluding tert-OH is 3. The van der Waals surface area contributed by atoms with Gasteiger partial charge in [-0.15, -0.1) is 0 Å². The number of aromatic hydroxyl groups is 4. The van der Waals surface area contributed by atoms with E-state index in [1.165, 1.54) is 24.3 Å². The molecule has 2 aromatic carbocycles. The van der Waals surface area contributed by atoms with Crippen LogP contribution in [-0.2, 0) is 9.53 Å². The summed E-state index contributed by atoms with van der Waals surface area (Å²) >= 11 is 0. The summed E-state index contributed by atoms with van der Waals surface area (Å²) in [6.07, 6.45) is -9.36. The van der Waals surface area contributed by atoms with Gasteiger partial charge in [0, 0.05) is 18.2 Å². The second kappa shape index (κ2) is 8.26. The fraction of sp³-hybridized carbons (Fsp3) is 0.238. The molecule has 1 aliphatic heterocycles. The van der Waals surface area contributed by atoms with Gasteiger partial charge in [0.15, 0.2) is 17.6 Å². The number of benzene rings is 2. The number of aliphatic hydroxyl groups is 3. The fourth-order valence-corrected chi connectivity index (χ4v) is 3.42. The molecular weight excluding hydrogens is 444 g/mol. The van der Waals surface area contributed by atoms with E-state index in [4.69, 9.17) is 19.0 Å². The number of aliphatic carboxylic acids is 1. The van der Waals surface area contributed by atoms with Gasteiger partial charge < -0.3 is 50.3 Å². The van der Waals surface area contributed by atoms with Crippen molar-refractivity contribution in [1.82, 2.24) is 0 Å². The molecule has 5 unspecified atom stereocenters. The van der Waals surface area contributed by atoms with Crippen molar-refractivity contribution < 1.29 is 59.5 Å². The topological polar surface area (TPSA) is 209 Å². The van der Waals surface area contributed by atoms with Crippen LogP contribution in [0.2, 0.25) is 0 Å². The zero-order chi connectivity index (χ0) is 24.0. The number of rotatable bonds is 4. The molecule has 0 saturated carbocycles. The lowest BCUT2D eigenvalue weighted by molar-refractivity contribution is -0.271. The van der Waals surface area contributed by atoms with E-state index in [-0.39, 0.29) is 39.5 Å². The Labute approximate surface area is 184 Å². The lowest BCUT2D eigenvalue weighted by Crippen LogP contribution is -2.61. The van der Waals surface area contributed by atoms with Crippen molar-refractivity contribution in [3.05, 3.63) is 36.4 Å². The van der Waals surface area contributed by atoms with Crippen molar-refractivity contribution in [2.45, 2.75) is 30.7 Å². The molecule has 1 saturated heterocycles. The van der Waals surface area contributed by atoms with Crippen LogP contribution in [0.4, 0.5) is 0 Å². The number of carboxylic acids is 1. The molecule has 0 radical (unpaired) electrons. The molecule has 33 heavy (non-hydrogen) atoms. The Kier molecular flexibility index (Phi) is 5.59. The zero-order valence-electron chi connectivity index (χ0n) is 16.6. The smallest absolute Gasteiger partial charge is 0.402 e. The number of hydrogen-bond acceptors (Lipinski definition) is 10. The van der Waals surface area contributed by atoms with Crippen molar-refractivity contribution in [1.29, 1.82) is 0 Å². The Morgan fingerprint density at radius 1 is 0.879 bits per heavy atom. The van der Waals surface area contributed by atoms with Crippen LogP contribution in [0.5, 0.6) is 28.7 Å². The predicted octanol–water partition coefficient (Wildman–Crippen LogP) is 0.474. The van der Waals surface area contributed by atoms with Gasteiger partial charge >= 0.3 is 17.3 Å². The molecule has 174 valence electrons. The van der Waals surface area contributed by atoms with Crippen LogP contribution < -0.4 is 4.74 Å². The standard InChI is InChI=1S/C21H18O12/c22-8-4-11(24)9-6-12(25)18(31-13(9)5-8)7-1-2-10(23)14(3-7)32-21-17(28)15(26)16(27)19(33-21)20(29)30/h1-6,15-17,19,21,26-28H,(H4-,22,23,24,25,29,30)/p+1. The third-order valence-electron chi connectivity index (χ3n) is 5.11. The minimum absolute atomic E-state index is 0.0308. The summed E-state index contributed by atoms with van der Waals surface area (Å²) in [4.78, 5) is 11.3. The first-order chi connectivity index (χ1) is 15.6. The highest BCUT2D eigenvalue weighted by atomic mass is 16.7. The molecule has 1 aliphatic rings. The van der Waals surface area contributed by atoms with Gasteiger partial charge in [-0.2, -0.15) is 0 Å². The van der Waals surface area contributed by atoms with Crippen molar-refractivity contribution in [3.8, 4) is 40.1 Å². The quantitative estimate of drug-likeness (QED) is 0.248. The van der Waals surface area contributed by atoms with Crippen LogP contribution in [0, 0.1) is 0 Å². The average molecular weight is 463 g/mol. The first-order valence-corrected chi connectivity index (χ1v) is 9.51. The minimum Gasteiger partial charge on any atom is -0.507 e. The summed E-state index contributed by atoms with van der Waals surface area (Å²) in [7, 11) is 0. The van der Waals surface area contributed by atoms with Crippen LogP contribution in [0.3, 0.4) is 0 Å². The summed E-state index contributed by atoms with van der Waals surface area (Å²) in [6, 6.07) is 7.13. The van der Waals surface area contributed by atoms with Crippen molar-refractivity contribution in [2.75, 3.05) is 0 Å². The van der Waals surface area contributed by atoms with E-state index in [9.17, 15) is 40.5 Å². The summed E-state index contributed by atoms with van der Waals surface area (Å²) in [6.45, 7) is 0. The second-order valence-electron chi connectivity index (χ2n) is 7.37. The number of carbonyl (C=O) groups is 1. The molecule has 3 aromatic rings. The van der Waals surface area contributed by atoms with Gasteiger partial charge in [-0.05, 0) is 12.1 Å². The number of ether oxygens (including phenoxy) is 2. The van der Waals surface area contributed by atoms with E-state index in [0.29, 0.717) is 0 Å². The average Bonchev–Trinajstić information content (AvgIpc) is 2.75. The lowest BCUT2D eigenvalue weighted by atomic mass is 9.99. The van der Waals surface area contributed by atoms with Crippen molar-refractivity contribution >= 4 is 16.9 Å². The molecule has 1 aromatic heterocycles. The Bertz CT molecular complexity index is 1230. The Morgan fingerprint density at radius 2 is 1.61 bits per heavy atom. The molecule has 5 atom stereocenters. The highest BCUT2D eigenvalue weighted by Crippen LogP contribution is 2.41. The minimum atomic E-state index is -1.92. The lowest BCUT2D eigenvalue weighted by Gasteiger charge is -2.38. The van der Waals surface area contributed by atoms with Crippen LogP contribution in [0.15, 0.2) is 40.8 Å². The van der Waals surface area contributed by atoms with Gasteiger partial charge in [-0.3, -0.25) is 0 Å². The van der Waals surface area contributed by atoms with Crippen LogP contribution in [-0.4, -0.2) is 77.5 Å². The maximum Gasteiger partial charge on any atom is 0.402 e. The summed E-state index contributed by atoms with van der Waals surface area (Å²) in [5.41, 5.74) is 0.175. The van der Waals surface area contributed by atoms with Gasteiger partial charge in [-0.25, -0.2) is 9.21 Å². The number of phenolic OH excluding ortho intramolecular Hbond substituents is 3. The first kappa shape index (κ1) is 22.4.